The second-order valence-electron chi connectivity index (χ2n) is 3.87. The van der Waals surface area contributed by atoms with E-state index in [9.17, 15) is 0 Å². The Morgan fingerprint density at radius 3 is 2.41 bits per heavy atom. The largest absolute Gasteiger partial charge is 0.496 e. The zero-order valence-electron chi connectivity index (χ0n) is 10.5. The highest BCUT2D eigenvalue weighted by atomic mass is 32.2. The molecule has 0 saturated carbocycles. The van der Waals surface area contributed by atoms with E-state index in [-0.39, 0.29) is 0 Å². The molecule has 1 aliphatic heterocycles. The number of nitrogens with zero attached hydrogens (tertiary/aromatic N) is 2. The van der Waals surface area contributed by atoms with E-state index in [0.29, 0.717) is 6.54 Å². The number of hydrogen-bond donors (Lipinski definition) is 0. The number of amidine groups is 1. The number of rotatable bonds is 2. The topological polar surface area (TPSA) is 34.1 Å². The molecule has 0 unspecified atom stereocenters. The van der Waals surface area contributed by atoms with E-state index in [4.69, 9.17) is 9.47 Å². The first-order valence-electron chi connectivity index (χ1n) is 5.31. The molecule has 92 valence electrons. The Balaban J connectivity index is 2.45. The first-order valence-corrected chi connectivity index (χ1v) is 6.12. The molecule has 0 atom stereocenters. The summed E-state index contributed by atoms with van der Waals surface area (Å²) in [7, 11) is 7.34. The maximum Gasteiger partial charge on any atom is 0.164 e. The molecule has 1 aromatic carbocycles. The lowest BCUT2D eigenvalue weighted by Crippen LogP contribution is -2.21. The maximum atomic E-state index is 5.39. The van der Waals surface area contributed by atoms with Crippen LogP contribution in [0.2, 0.25) is 0 Å². The summed E-state index contributed by atoms with van der Waals surface area (Å²) in [6, 6.07) is 3.86. The highest BCUT2D eigenvalue weighted by molar-refractivity contribution is 8.14. The quantitative estimate of drug-likeness (QED) is 0.808. The van der Waals surface area contributed by atoms with Gasteiger partial charge in [-0.05, 0) is 23.9 Å². The van der Waals surface area contributed by atoms with Crippen molar-refractivity contribution in [2.75, 3.05) is 28.3 Å². The number of methoxy groups -OCH3 is 2. The molecular weight excluding hydrogens is 236 g/mol. The Morgan fingerprint density at radius 1 is 1.18 bits per heavy atom. The first kappa shape index (κ1) is 12.1. The lowest BCUT2D eigenvalue weighted by Gasteiger charge is -2.23. The van der Waals surface area contributed by atoms with Gasteiger partial charge in [-0.25, -0.2) is 0 Å². The van der Waals surface area contributed by atoms with Crippen LogP contribution in [0.1, 0.15) is 5.56 Å². The van der Waals surface area contributed by atoms with Gasteiger partial charge in [0.05, 0.1) is 25.7 Å². The van der Waals surface area contributed by atoms with Gasteiger partial charge in [0.2, 0.25) is 0 Å². The molecule has 1 aromatic rings. The summed E-state index contributed by atoms with van der Waals surface area (Å²) in [4.78, 5) is 7.63. The van der Waals surface area contributed by atoms with Gasteiger partial charge in [0.15, 0.2) is 5.17 Å². The van der Waals surface area contributed by atoms with Crippen LogP contribution in [0.15, 0.2) is 22.0 Å². The second-order valence-corrected chi connectivity index (χ2v) is 4.85. The van der Waals surface area contributed by atoms with Crippen molar-refractivity contribution < 1.29 is 9.47 Å². The van der Waals surface area contributed by atoms with Crippen molar-refractivity contribution in [3.05, 3.63) is 17.7 Å². The molecule has 0 radical (unpaired) electrons. The summed E-state index contributed by atoms with van der Waals surface area (Å²) in [5.41, 5.74) is 1.10. The minimum atomic E-state index is 0.635. The molecule has 1 aliphatic rings. The zero-order chi connectivity index (χ0) is 12.4. The van der Waals surface area contributed by atoms with Gasteiger partial charge in [-0.1, -0.05) is 0 Å². The van der Waals surface area contributed by atoms with Crippen LogP contribution in [0, 0.1) is 0 Å². The number of ether oxygens (including phenoxy) is 2. The van der Waals surface area contributed by atoms with Crippen molar-refractivity contribution in [3.63, 3.8) is 0 Å². The molecule has 0 N–H and O–H groups in total. The van der Waals surface area contributed by atoms with Crippen molar-refractivity contribution in [3.8, 4) is 11.5 Å². The monoisotopic (exact) mass is 252 g/mol. The Kier molecular flexibility index (Phi) is 3.47. The van der Waals surface area contributed by atoms with Crippen LogP contribution in [0.5, 0.6) is 11.5 Å². The smallest absolute Gasteiger partial charge is 0.164 e. The van der Waals surface area contributed by atoms with Gasteiger partial charge in [-0.3, -0.25) is 4.99 Å². The third kappa shape index (κ3) is 2.20. The Bertz CT molecular complexity index is 458. The van der Waals surface area contributed by atoms with E-state index in [1.807, 2.05) is 31.1 Å². The molecule has 0 fully saturated rings. The van der Waals surface area contributed by atoms with Crippen LogP contribution in [-0.2, 0) is 6.54 Å². The normalized spacial score (nSPS) is 13.8. The molecule has 0 saturated heterocycles. The van der Waals surface area contributed by atoms with Gasteiger partial charge in [0, 0.05) is 19.7 Å². The summed E-state index contributed by atoms with van der Waals surface area (Å²) in [6.45, 7) is 0.635. The predicted octanol–water partition coefficient (Wildman–Crippen LogP) is 2.23. The number of hydrogen-bond acceptors (Lipinski definition) is 5. The summed E-state index contributed by atoms with van der Waals surface area (Å²) in [5, 5.41) is 0.990. The fourth-order valence-corrected chi connectivity index (χ4v) is 2.74. The average Bonchev–Trinajstić information content (AvgIpc) is 2.36. The van der Waals surface area contributed by atoms with Gasteiger partial charge in [-0.15, -0.1) is 0 Å². The third-order valence-corrected chi connectivity index (χ3v) is 3.90. The molecule has 1 heterocycles. The molecule has 17 heavy (non-hydrogen) atoms. The van der Waals surface area contributed by atoms with E-state index >= 15 is 0 Å². The van der Waals surface area contributed by atoms with E-state index in [1.54, 1.807) is 26.0 Å². The maximum absolute atomic E-state index is 5.39. The number of benzene rings is 1. The summed E-state index contributed by atoms with van der Waals surface area (Å²) < 4.78 is 10.7. The lowest BCUT2D eigenvalue weighted by molar-refractivity contribution is 0.389. The fourth-order valence-electron chi connectivity index (χ4n) is 1.70. The van der Waals surface area contributed by atoms with Gasteiger partial charge < -0.3 is 14.4 Å². The van der Waals surface area contributed by atoms with Gasteiger partial charge >= 0.3 is 0 Å². The minimum absolute atomic E-state index is 0.635. The molecule has 2 rings (SSSR count). The molecule has 0 bridgehead atoms. The SMILES string of the molecule is COc1ccc(OC)c2c1CN=C(N(C)C)S2. The number of fused-ring (bicyclic) bond motifs is 1. The highest BCUT2D eigenvalue weighted by Crippen LogP contribution is 2.41. The van der Waals surface area contributed by atoms with Gasteiger partial charge in [-0.2, -0.15) is 0 Å². The summed E-state index contributed by atoms with van der Waals surface area (Å²) in [6.07, 6.45) is 0. The van der Waals surface area contributed by atoms with Crippen molar-refractivity contribution in [1.82, 2.24) is 4.90 Å². The van der Waals surface area contributed by atoms with Crippen LogP contribution in [0.3, 0.4) is 0 Å². The van der Waals surface area contributed by atoms with E-state index in [2.05, 4.69) is 4.99 Å². The Hall–Kier alpha value is -1.36. The summed E-state index contributed by atoms with van der Waals surface area (Å²) in [5.74, 6) is 1.75. The lowest BCUT2D eigenvalue weighted by atomic mass is 10.2. The standard InChI is InChI=1S/C12H16N2O2S/c1-14(2)12-13-7-8-9(15-3)5-6-10(16-4)11(8)17-12/h5-6H,7H2,1-4H3. The molecule has 5 heteroatoms. The van der Waals surface area contributed by atoms with Crippen molar-refractivity contribution in [2.24, 2.45) is 4.99 Å². The van der Waals surface area contributed by atoms with Crippen molar-refractivity contribution >= 4 is 16.9 Å². The van der Waals surface area contributed by atoms with E-state index in [0.717, 1.165) is 27.1 Å². The second kappa shape index (κ2) is 4.87. The third-order valence-electron chi connectivity index (χ3n) is 2.57. The zero-order valence-corrected chi connectivity index (χ0v) is 11.3. The molecule has 0 spiro atoms. The average molecular weight is 252 g/mol. The molecular formula is C12H16N2O2S. The van der Waals surface area contributed by atoms with E-state index in [1.165, 1.54) is 0 Å². The summed E-state index contributed by atoms with van der Waals surface area (Å²) >= 11 is 1.62. The van der Waals surface area contributed by atoms with Crippen LogP contribution in [0.4, 0.5) is 0 Å². The molecule has 0 aliphatic carbocycles. The Morgan fingerprint density at radius 2 is 1.82 bits per heavy atom. The van der Waals surface area contributed by atoms with Crippen LogP contribution < -0.4 is 9.47 Å². The highest BCUT2D eigenvalue weighted by Gasteiger charge is 2.22. The number of aliphatic imine (C=N–C) groups is 1. The first-order chi connectivity index (χ1) is 8.17. The minimum Gasteiger partial charge on any atom is -0.496 e. The van der Waals surface area contributed by atoms with Crippen LogP contribution >= 0.6 is 11.8 Å². The van der Waals surface area contributed by atoms with Crippen LogP contribution in [-0.4, -0.2) is 38.4 Å². The van der Waals surface area contributed by atoms with Gasteiger partial charge in [0.25, 0.3) is 0 Å². The van der Waals surface area contributed by atoms with E-state index < -0.39 is 0 Å². The molecule has 4 nitrogen and oxygen atoms in total. The molecule has 0 amide bonds. The van der Waals surface area contributed by atoms with Gasteiger partial charge in [0.1, 0.15) is 11.5 Å². The fraction of sp³-hybridized carbons (Fsp3) is 0.417. The number of thioether (sulfide) groups is 1. The predicted molar refractivity (Wildman–Crippen MR) is 70.2 cm³/mol. The Labute approximate surface area is 106 Å². The van der Waals surface area contributed by atoms with Crippen molar-refractivity contribution in [2.45, 2.75) is 11.4 Å². The van der Waals surface area contributed by atoms with Crippen molar-refractivity contribution in [1.29, 1.82) is 0 Å². The molecule has 0 aromatic heterocycles. The van der Waals surface area contributed by atoms with Crippen LogP contribution in [0.25, 0.3) is 0 Å².